The second kappa shape index (κ2) is 13.2. The number of methoxy groups -OCH3 is 1. The first-order valence-corrected chi connectivity index (χ1v) is 12.1. The van der Waals surface area contributed by atoms with Crippen LogP contribution < -0.4 is 14.8 Å². The van der Waals surface area contributed by atoms with Gasteiger partial charge in [0.1, 0.15) is 0 Å². The van der Waals surface area contributed by atoms with Crippen molar-refractivity contribution in [2.45, 2.75) is 50.5 Å². The predicted molar refractivity (Wildman–Crippen MR) is 129 cm³/mol. The van der Waals surface area contributed by atoms with Gasteiger partial charge >= 0.3 is 0 Å². The molecular formula is C27H38FN2O3+. The van der Waals surface area contributed by atoms with Gasteiger partial charge in [-0.25, -0.2) is 0 Å². The number of ether oxygens (including phenoxy) is 2. The van der Waals surface area contributed by atoms with Crippen molar-refractivity contribution in [2.24, 2.45) is 0 Å². The third-order valence-electron chi connectivity index (χ3n) is 6.74. The highest BCUT2D eigenvalue weighted by atomic mass is 19.1. The molecule has 180 valence electrons. The second-order valence-electron chi connectivity index (χ2n) is 8.72. The summed E-state index contributed by atoms with van der Waals surface area (Å²) in [5.41, 5.74) is 2.61. The fourth-order valence-corrected chi connectivity index (χ4v) is 5.00. The molecule has 0 saturated carbocycles. The number of carbonyl (C=O) groups excluding carboxylic acids is 1. The largest absolute Gasteiger partial charge is 0.493 e. The van der Waals surface area contributed by atoms with Crippen molar-refractivity contribution in [1.82, 2.24) is 4.90 Å². The van der Waals surface area contributed by atoms with Crippen LogP contribution in [0.25, 0.3) is 0 Å². The third-order valence-corrected chi connectivity index (χ3v) is 6.74. The zero-order valence-electron chi connectivity index (χ0n) is 19.9. The first-order valence-electron chi connectivity index (χ1n) is 12.1. The zero-order chi connectivity index (χ0) is 23.5. The van der Waals surface area contributed by atoms with E-state index in [9.17, 15) is 9.18 Å². The summed E-state index contributed by atoms with van der Waals surface area (Å²) >= 11 is 0. The number of hydrogen-bond acceptors (Lipinski definition) is 3. The van der Waals surface area contributed by atoms with Gasteiger partial charge < -0.3 is 19.7 Å². The number of carbonyl (C=O) groups is 1. The van der Waals surface area contributed by atoms with Gasteiger partial charge in [0.2, 0.25) is 6.41 Å². The molecule has 0 aliphatic carbocycles. The fraction of sp³-hybridized carbons (Fsp3) is 0.519. The number of para-hydroxylation sites is 1. The maximum absolute atomic E-state index is 12.5. The normalized spacial score (nSPS) is 22.3. The minimum Gasteiger partial charge on any atom is -0.493 e. The molecule has 2 saturated heterocycles. The van der Waals surface area contributed by atoms with Crippen LogP contribution in [-0.2, 0) is 4.79 Å². The van der Waals surface area contributed by atoms with Crippen LogP contribution in [0, 0.1) is 0 Å². The van der Waals surface area contributed by atoms with Gasteiger partial charge in [-0.1, -0.05) is 42.5 Å². The number of rotatable bonds is 8. The Morgan fingerprint density at radius 2 is 1.94 bits per heavy atom. The van der Waals surface area contributed by atoms with E-state index in [1.807, 2.05) is 31.2 Å². The number of quaternary nitrogens is 1. The van der Waals surface area contributed by atoms with Gasteiger partial charge in [-0.3, -0.25) is 9.18 Å². The number of amides is 1. The molecule has 2 aliphatic rings. The molecule has 2 aliphatic heterocycles. The smallest absolute Gasteiger partial charge is 0.209 e. The Morgan fingerprint density at radius 1 is 1.12 bits per heavy atom. The van der Waals surface area contributed by atoms with Crippen molar-refractivity contribution in [3.05, 3.63) is 59.7 Å². The van der Waals surface area contributed by atoms with E-state index in [-0.39, 0.29) is 12.7 Å². The lowest BCUT2D eigenvalue weighted by molar-refractivity contribution is -0.636. The summed E-state index contributed by atoms with van der Waals surface area (Å²) in [6, 6.07) is 16.6. The fourth-order valence-electron chi connectivity index (χ4n) is 5.00. The quantitative estimate of drug-likeness (QED) is 0.612. The number of piperidine rings is 1. The van der Waals surface area contributed by atoms with Gasteiger partial charge in [0.15, 0.2) is 11.5 Å². The van der Waals surface area contributed by atoms with Crippen LogP contribution in [0.1, 0.15) is 55.6 Å². The van der Waals surface area contributed by atoms with E-state index in [4.69, 9.17) is 9.47 Å². The number of alkyl halides is 1. The Labute approximate surface area is 197 Å². The van der Waals surface area contributed by atoms with Crippen molar-refractivity contribution in [3.8, 4) is 11.5 Å². The number of halogens is 1. The molecule has 6 heteroatoms. The van der Waals surface area contributed by atoms with Gasteiger partial charge in [0, 0.05) is 30.5 Å². The first-order chi connectivity index (χ1) is 16.2. The summed E-state index contributed by atoms with van der Waals surface area (Å²) in [5, 5.41) is 2.36. The maximum Gasteiger partial charge on any atom is 0.209 e. The molecule has 2 N–H and O–H groups in total. The lowest BCUT2D eigenvalue weighted by Crippen LogP contribution is -2.81. The zero-order valence-corrected chi connectivity index (χ0v) is 19.9. The molecule has 2 heterocycles. The molecule has 5 nitrogen and oxygen atoms in total. The minimum absolute atomic E-state index is 0.0662. The molecule has 1 amide bonds. The van der Waals surface area contributed by atoms with E-state index in [0.717, 1.165) is 43.8 Å². The highest BCUT2D eigenvalue weighted by Crippen LogP contribution is 2.37. The number of nitrogens with two attached hydrogens (primary N) is 1. The van der Waals surface area contributed by atoms with Crippen LogP contribution in [0.5, 0.6) is 11.5 Å². The molecule has 33 heavy (non-hydrogen) atoms. The van der Waals surface area contributed by atoms with Gasteiger partial charge in [-0.05, 0) is 43.7 Å². The molecule has 2 aromatic rings. The monoisotopic (exact) mass is 457 g/mol. The summed E-state index contributed by atoms with van der Waals surface area (Å²) in [6.45, 7) is 5.46. The molecule has 2 aromatic carbocycles. The number of likely N-dealkylation sites (tertiary alicyclic amines) is 1. The number of benzene rings is 2. The Morgan fingerprint density at radius 3 is 2.58 bits per heavy atom. The maximum atomic E-state index is 12.5. The number of nitrogens with zero attached hydrogens (tertiary/aromatic N) is 1. The summed E-state index contributed by atoms with van der Waals surface area (Å²) in [4.78, 5) is 12.6. The summed E-state index contributed by atoms with van der Waals surface area (Å²) in [7, 11) is 1.70. The third kappa shape index (κ3) is 6.70. The molecule has 4 rings (SSSR count). The molecule has 0 bridgehead atoms. The van der Waals surface area contributed by atoms with Crippen molar-refractivity contribution in [2.75, 3.05) is 40.0 Å². The molecule has 2 unspecified atom stereocenters. The molecule has 0 aromatic heterocycles. The standard InChI is InChI=1S/C14H18FNO.C13H19NO2/c15-8-6-14-10-13(7-9-16(14)11-17)12-4-2-1-3-5-12;1-3-16-13-11(10-7-8-14-9-10)5-4-6-12(13)15-2/h1-5,11,13-14H,6-10H2;4-6,10,14H,3,7-9H2,1-2H3/p+1/t;10-/m.0/s1. The highest BCUT2D eigenvalue weighted by Gasteiger charge is 2.28. The minimum atomic E-state index is -0.351. The predicted octanol–water partition coefficient (Wildman–Crippen LogP) is 3.90. The number of hydrogen-bond donors (Lipinski definition) is 1. The summed E-state index contributed by atoms with van der Waals surface area (Å²) < 4.78 is 23.6. The van der Waals surface area contributed by atoms with Gasteiger partial charge in [-0.15, -0.1) is 0 Å². The van der Waals surface area contributed by atoms with E-state index < -0.39 is 0 Å². The summed E-state index contributed by atoms with van der Waals surface area (Å²) in [6.07, 6.45) is 4.41. The van der Waals surface area contributed by atoms with E-state index in [0.29, 0.717) is 24.9 Å². The van der Waals surface area contributed by atoms with Crippen molar-refractivity contribution in [1.29, 1.82) is 0 Å². The van der Waals surface area contributed by atoms with Crippen LogP contribution in [0.3, 0.4) is 0 Å². The van der Waals surface area contributed by atoms with Gasteiger partial charge in [-0.2, -0.15) is 0 Å². The lowest BCUT2D eigenvalue weighted by Gasteiger charge is -2.37. The van der Waals surface area contributed by atoms with E-state index >= 15 is 0 Å². The Balaban J connectivity index is 0.000000186. The van der Waals surface area contributed by atoms with Crippen LogP contribution in [0.4, 0.5) is 4.39 Å². The van der Waals surface area contributed by atoms with Gasteiger partial charge in [0.05, 0.1) is 33.5 Å². The molecule has 2 fully saturated rings. The summed E-state index contributed by atoms with van der Waals surface area (Å²) in [5.74, 6) is 2.86. The van der Waals surface area contributed by atoms with Crippen LogP contribution >= 0.6 is 0 Å². The van der Waals surface area contributed by atoms with Crippen molar-refractivity contribution >= 4 is 6.41 Å². The van der Waals surface area contributed by atoms with Crippen molar-refractivity contribution in [3.63, 3.8) is 0 Å². The SMILES string of the molecule is CCOc1c(OC)cccc1[C@H]1CC[NH2+]C1.O=CN1CCC(c2ccccc2)CC1CCF. The second-order valence-corrected chi connectivity index (χ2v) is 8.72. The Hall–Kier alpha value is -2.60. The molecule has 3 atom stereocenters. The van der Waals surface area contributed by atoms with Crippen LogP contribution in [0.15, 0.2) is 48.5 Å². The lowest BCUT2D eigenvalue weighted by atomic mass is 9.84. The van der Waals surface area contributed by atoms with Gasteiger partial charge in [0.25, 0.3) is 0 Å². The molecule has 0 spiro atoms. The molecule has 0 radical (unpaired) electrons. The van der Waals surface area contributed by atoms with E-state index in [1.54, 1.807) is 12.0 Å². The Bertz CT molecular complexity index is 843. The van der Waals surface area contributed by atoms with E-state index in [1.165, 1.54) is 24.1 Å². The topological polar surface area (TPSA) is 55.4 Å². The van der Waals surface area contributed by atoms with E-state index in [2.05, 4.69) is 29.6 Å². The van der Waals surface area contributed by atoms with Crippen LogP contribution in [0.2, 0.25) is 0 Å². The first kappa shape index (κ1) is 25.0. The van der Waals surface area contributed by atoms with Crippen molar-refractivity contribution < 1.29 is 24.0 Å². The average molecular weight is 458 g/mol. The average Bonchev–Trinajstić information content (AvgIpc) is 3.40. The van der Waals surface area contributed by atoms with Crippen LogP contribution in [-0.4, -0.2) is 57.4 Å². The highest BCUT2D eigenvalue weighted by molar-refractivity contribution is 5.49. The molecular weight excluding hydrogens is 419 g/mol. The Kier molecular flexibility index (Phi) is 10.0.